The Morgan fingerprint density at radius 3 is 2.20 bits per heavy atom. The topological polar surface area (TPSA) is 143 Å². The molecule has 0 spiro atoms. The average Bonchev–Trinajstić information content (AvgIpc) is 2.90. The summed E-state index contributed by atoms with van der Waals surface area (Å²) in [5.41, 5.74) is 3.78. The first kappa shape index (κ1) is 30.0. The van der Waals surface area contributed by atoms with E-state index in [-0.39, 0.29) is 24.7 Å². The Morgan fingerprint density at radius 1 is 0.900 bits per heavy atom. The highest BCUT2D eigenvalue weighted by atomic mass is 32.2. The van der Waals surface area contributed by atoms with Gasteiger partial charge >= 0.3 is 12.0 Å². The Balaban J connectivity index is 1.65. The van der Waals surface area contributed by atoms with Gasteiger partial charge in [-0.15, -0.1) is 0 Å². The van der Waals surface area contributed by atoms with Gasteiger partial charge in [0.2, 0.25) is 11.8 Å². The molecule has 0 radical (unpaired) electrons. The monoisotopic (exact) mass is 564 g/mol. The largest absolute Gasteiger partial charge is 0.469 e. The number of esters is 1. The Kier molecular flexibility index (Phi) is 10.5. The second-order valence-electron chi connectivity index (χ2n) is 9.06. The number of rotatable bonds is 10. The van der Waals surface area contributed by atoms with Gasteiger partial charge in [-0.1, -0.05) is 36.4 Å². The molecular formula is C29H32N4O6S. The zero-order chi connectivity index (χ0) is 29.2. The molecular weight excluding hydrogens is 532 g/mol. The minimum absolute atomic E-state index is 0.0124. The van der Waals surface area contributed by atoms with E-state index in [0.29, 0.717) is 33.1 Å². The van der Waals surface area contributed by atoms with Crippen LogP contribution < -0.4 is 21.3 Å². The van der Waals surface area contributed by atoms with Crippen molar-refractivity contribution < 1.29 is 28.1 Å². The highest BCUT2D eigenvalue weighted by molar-refractivity contribution is 7.84. The molecule has 0 aliphatic rings. The molecule has 0 aliphatic heterocycles. The van der Waals surface area contributed by atoms with Crippen molar-refractivity contribution in [3.05, 3.63) is 83.4 Å². The van der Waals surface area contributed by atoms with Gasteiger partial charge in [0.25, 0.3) is 0 Å². The van der Waals surface area contributed by atoms with Gasteiger partial charge < -0.3 is 26.0 Å². The molecule has 2 atom stereocenters. The number of urea groups is 1. The first-order valence-corrected chi connectivity index (χ1v) is 13.9. The summed E-state index contributed by atoms with van der Waals surface area (Å²) in [7, 11) is -0.147. The number of hydrogen-bond donors (Lipinski definition) is 4. The number of ether oxygens (including phenoxy) is 1. The van der Waals surface area contributed by atoms with E-state index in [1.807, 2.05) is 25.1 Å². The Labute approximate surface area is 235 Å². The minimum atomic E-state index is -1.42. The fourth-order valence-corrected chi connectivity index (χ4v) is 4.69. The van der Waals surface area contributed by atoms with Crippen LogP contribution in [0.15, 0.2) is 71.6 Å². The normalized spacial score (nSPS) is 12.0. The molecule has 10 nitrogen and oxygen atoms in total. The van der Waals surface area contributed by atoms with Crippen LogP contribution in [0.2, 0.25) is 0 Å². The molecule has 0 aromatic heterocycles. The average molecular weight is 565 g/mol. The molecule has 0 saturated heterocycles. The molecule has 0 bridgehead atoms. The van der Waals surface area contributed by atoms with Crippen molar-refractivity contribution in [1.29, 1.82) is 0 Å². The van der Waals surface area contributed by atoms with Crippen LogP contribution in [0, 0.1) is 6.92 Å². The Hall–Kier alpha value is -4.51. The summed E-state index contributed by atoms with van der Waals surface area (Å²) in [6.45, 7) is 3.24. The van der Waals surface area contributed by atoms with Crippen LogP contribution in [0.5, 0.6) is 0 Å². The fourth-order valence-electron chi connectivity index (χ4n) is 3.94. The van der Waals surface area contributed by atoms with Gasteiger partial charge in [0.1, 0.15) is 0 Å². The number of nitrogens with one attached hydrogen (secondary N) is 4. The number of aryl methyl sites for hydroxylation is 1. The second-order valence-corrected chi connectivity index (χ2v) is 10.4. The van der Waals surface area contributed by atoms with E-state index < -0.39 is 28.8 Å². The fraction of sp³-hybridized carbons (Fsp3) is 0.241. The summed E-state index contributed by atoms with van der Waals surface area (Å²) in [5.74, 6) is -1.05. The number of anilines is 3. The lowest BCUT2D eigenvalue weighted by molar-refractivity contribution is -0.141. The summed E-state index contributed by atoms with van der Waals surface area (Å²) in [4.78, 5) is 48.9. The van der Waals surface area contributed by atoms with Gasteiger partial charge in [0.05, 0.1) is 47.4 Å². The molecule has 11 heteroatoms. The molecule has 210 valence electrons. The number of carbonyl (C=O) groups is 4. The first-order chi connectivity index (χ1) is 19.0. The third kappa shape index (κ3) is 8.77. The van der Waals surface area contributed by atoms with Crippen LogP contribution in [0.1, 0.15) is 36.1 Å². The lowest BCUT2D eigenvalue weighted by Gasteiger charge is -2.17. The van der Waals surface area contributed by atoms with Crippen LogP contribution in [0.3, 0.4) is 0 Å². The molecule has 4 amide bonds. The van der Waals surface area contributed by atoms with Crippen molar-refractivity contribution in [2.45, 2.75) is 37.6 Å². The number of benzene rings is 3. The summed E-state index contributed by atoms with van der Waals surface area (Å²) in [6.07, 6.45) is 1.49. The van der Waals surface area contributed by atoms with E-state index in [4.69, 9.17) is 4.74 Å². The van der Waals surface area contributed by atoms with Gasteiger partial charge in [0, 0.05) is 24.6 Å². The highest BCUT2D eigenvalue weighted by Crippen LogP contribution is 2.23. The zero-order valence-corrected chi connectivity index (χ0v) is 23.5. The number of hydrogen-bond acceptors (Lipinski definition) is 6. The maximum absolute atomic E-state index is 12.7. The predicted octanol–water partition coefficient (Wildman–Crippen LogP) is 4.30. The van der Waals surface area contributed by atoms with Crippen LogP contribution in [0.25, 0.3) is 0 Å². The smallest absolute Gasteiger partial charge is 0.323 e. The quantitative estimate of drug-likeness (QED) is 0.271. The zero-order valence-electron chi connectivity index (χ0n) is 22.7. The molecule has 0 fully saturated rings. The van der Waals surface area contributed by atoms with Crippen molar-refractivity contribution in [1.82, 2.24) is 5.32 Å². The van der Waals surface area contributed by atoms with Crippen molar-refractivity contribution in [2.24, 2.45) is 0 Å². The van der Waals surface area contributed by atoms with Crippen molar-refractivity contribution >= 4 is 51.7 Å². The molecule has 2 unspecified atom stereocenters. The summed E-state index contributed by atoms with van der Waals surface area (Å²) in [5, 5.41) is 11.0. The van der Waals surface area contributed by atoms with E-state index in [0.717, 1.165) is 5.56 Å². The number of para-hydroxylation sites is 1. The van der Waals surface area contributed by atoms with Gasteiger partial charge in [-0.3, -0.25) is 18.6 Å². The SMILES string of the molecule is COC(=O)CC(NC(C)=O)c1ccc(NC(=O)Cc2ccc(NC(=O)Nc3ccccc3C)c(S(C)=O)c2)cc1. The third-order valence-electron chi connectivity index (χ3n) is 5.93. The molecule has 0 aliphatic carbocycles. The summed E-state index contributed by atoms with van der Waals surface area (Å²) >= 11 is 0. The number of carbonyl (C=O) groups excluding carboxylic acids is 4. The molecule has 0 heterocycles. The van der Waals surface area contributed by atoms with Gasteiger partial charge in [-0.2, -0.15) is 0 Å². The van der Waals surface area contributed by atoms with Crippen LogP contribution in [-0.4, -0.2) is 41.4 Å². The van der Waals surface area contributed by atoms with E-state index in [9.17, 15) is 23.4 Å². The van der Waals surface area contributed by atoms with E-state index in [2.05, 4.69) is 21.3 Å². The van der Waals surface area contributed by atoms with Gasteiger partial charge in [0.15, 0.2) is 0 Å². The van der Waals surface area contributed by atoms with Crippen LogP contribution in [-0.2, 0) is 36.3 Å². The predicted molar refractivity (Wildman–Crippen MR) is 155 cm³/mol. The third-order valence-corrected chi connectivity index (χ3v) is 6.89. The van der Waals surface area contributed by atoms with Crippen molar-refractivity contribution in [3.63, 3.8) is 0 Å². The molecule has 40 heavy (non-hydrogen) atoms. The Morgan fingerprint density at radius 2 is 1.57 bits per heavy atom. The molecule has 3 aromatic carbocycles. The van der Waals surface area contributed by atoms with Crippen molar-refractivity contribution in [2.75, 3.05) is 29.3 Å². The highest BCUT2D eigenvalue weighted by Gasteiger charge is 2.18. The standard InChI is InChI=1S/C29H32N4O6S/c1-18-7-5-6-8-23(18)32-29(37)33-24-14-9-20(15-26(24)40(4)38)16-27(35)31-22-12-10-21(11-13-22)25(30-19(2)34)17-28(36)39-3/h5-15,25H,16-17H2,1-4H3,(H,30,34)(H,31,35)(H2,32,33,37). The van der Waals surface area contributed by atoms with Gasteiger partial charge in [-0.25, -0.2) is 4.79 Å². The molecule has 3 rings (SSSR count). The number of amides is 4. The Bertz CT molecular complexity index is 1420. The lowest BCUT2D eigenvalue weighted by atomic mass is 10.0. The molecule has 0 saturated carbocycles. The van der Waals surface area contributed by atoms with Crippen LogP contribution >= 0.6 is 0 Å². The van der Waals surface area contributed by atoms with Gasteiger partial charge in [-0.05, 0) is 53.9 Å². The molecule has 4 N–H and O–H groups in total. The van der Waals surface area contributed by atoms with Crippen LogP contribution in [0.4, 0.5) is 21.9 Å². The second kappa shape index (κ2) is 14.0. The minimum Gasteiger partial charge on any atom is -0.469 e. The van der Waals surface area contributed by atoms with E-state index in [1.54, 1.807) is 48.5 Å². The maximum atomic E-state index is 12.7. The maximum Gasteiger partial charge on any atom is 0.323 e. The van der Waals surface area contributed by atoms with E-state index >= 15 is 0 Å². The van der Waals surface area contributed by atoms with E-state index in [1.165, 1.54) is 20.3 Å². The lowest BCUT2D eigenvalue weighted by Crippen LogP contribution is -2.28. The summed E-state index contributed by atoms with van der Waals surface area (Å²) in [6, 6.07) is 18.0. The first-order valence-electron chi connectivity index (χ1n) is 12.4. The van der Waals surface area contributed by atoms with Crippen molar-refractivity contribution in [3.8, 4) is 0 Å². The number of methoxy groups -OCH3 is 1. The summed E-state index contributed by atoms with van der Waals surface area (Å²) < 4.78 is 17.1. The molecule has 3 aromatic rings.